The van der Waals surface area contributed by atoms with Gasteiger partial charge < -0.3 is 5.32 Å². The van der Waals surface area contributed by atoms with Crippen molar-refractivity contribution in [1.29, 1.82) is 0 Å². The maximum absolute atomic E-state index is 12.7. The molecule has 6 heteroatoms. The summed E-state index contributed by atoms with van der Waals surface area (Å²) in [7, 11) is -1.21. The molecule has 0 aliphatic heterocycles. The zero-order valence-corrected chi connectivity index (χ0v) is 17.3. The Morgan fingerprint density at radius 2 is 1.79 bits per heavy atom. The SMILES string of the molecule is CN(Cc1ccccc1NC(=O)c1cccc(S(C)(=O)=O)c1)C1CCCCC1. The lowest BCUT2D eigenvalue weighted by Crippen LogP contribution is -2.33. The number of para-hydroxylation sites is 1. The Morgan fingerprint density at radius 3 is 2.50 bits per heavy atom. The second kappa shape index (κ2) is 8.88. The minimum Gasteiger partial charge on any atom is -0.322 e. The highest BCUT2D eigenvalue weighted by Crippen LogP contribution is 2.25. The van der Waals surface area contributed by atoms with E-state index in [4.69, 9.17) is 0 Å². The van der Waals surface area contributed by atoms with Crippen LogP contribution in [0.25, 0.3) is 0 Å². The molecule has 0 unspecified atom stereocenters. The van der Waals surface area contributed by atoms with Crippen molar-refractivity contribution in [2.75, 3.05) is 18.6 Å². The summed E-state index contributed by atoms with van der Waals surface area (Å²) in [6.07, 6.45) is 7.48. The molecule has 2 aromatic carbocycles. The van der Waals surface area contributed by atoms with Crippen molar-refractivity contribution in [2.24, 2.45) is 0 Å². The van der Waals surface area contributed by atoms with Gasteiger partial charge in [0.05, 0.1) is 4.90 Å². The summed E-state index contributed by atoms with van der Waals surface area (Å²) < 4.78 is 23.5. The minimum atomic E-state index is -3.35. The van der Waals surface area contributed by atoms with Gasteiger partial charge in [0.15, 0.2) is 9.84 Å². The van der Waals surface area contributed by atoms with Crippen molar-refractivity contribution < 1.29 is 13.2 Å². The van der Waals surface area contributed by atoms with Crippen molar-refractivity contribution in [2.45, 2.75) is 49.6 Å². The molecule has 28 heavy (non-hydrogen) atoms. The van der Waals surface area contributed by atoms with E-state index in [0.717, 1.165) is 24.1 Å². The van der Waals surface area contributed by atoms with Crippen molar-refractivity contribution in [3.8, 4) is 0 Å². The van der Waals surface area contributed by atoms with E-state index in [2.05, 4.69) is 17.3 Å². The van der Waals surface area contributed by atoms with E-state index in [-0.39, 0.29) is 10.8 Å². The molecule has 150 valence electrons. The van der Waals surface area contributed by atoms with E-state index in [1.54, 1.807) is 12.1 Å². The molecule has 1 aliphatic rings. The summed E-state index contributed by atoms with van der Waals surface area (Å²) in [5.41, 5.74) is 2.15. The molecule has 1 amide bonds. The number of anilines is 1. The van der Waals surface area contributed by atoms with Gasteiger partial charge in [0.1, 0.15) is 0 Å². The average molecular weight is 401 g/mol. The monoisotopic (exact) mass is 400 g/mol. The van der Waals surface area contributed by atoms with E-state index >= 15 is 0 Å². The van der Waals surface area contributed by atoms with Gasteiger partial charge in [-0.05, 0) is 49.7 Å². The van der Waals surface area contributed by atoms with Gasteiger partial charge in [-0.2, -0.15) is 0 Å². The Kier molecular flexibility index (Phi) is 6.52. The van der Waals surface area contributed by atoms with Crippen molar-refractivity contribution in [1.82, 2.24) is 4.90 Å². The van der Waals surface area contributed by atoms with Crippen LogP contribution < -0.4 is 5.32 Å². The van der Waals surface area contributed by atoms with Crippen LogP contribution in [0.15, 0.2) is 53.4 Å². The fourth-order valence-corrected chi connectivity index (χ4v) is 4.43. The largest absolute Gasteiger partial charge is 0.322 e. The van der Waals surface area contributed by atoms with Gasteiger partial charge in [-0.25, -0.2) is 8.42 Å². The quantitative estimate of drug-likeness (QED) is 0.793. The van der Waals surface area contributed by atoms with Crippen LogP contribution in [0.3, 0.4) is 0 Å². The third-order valence-electron chi connectivity index (χ3n) is 5.41. The number of amides is 1. The summed E-state index contributed by atoms with van der Waals surface area (Å²) in [4.78, 5) is 15.2. The number of hydrogen-bond acceptors (Lipinski definition) is 4. The molecule has 1 aliphatic carbocycles. The number of sulfone groups is 1. The topological polar surface area (TPSA) is 66.5 Å². The maximum Gasteiger partial charge on any atom is 0.255 e. The van der Waals surface area contributed by atoms with Gasteiger partial charge in [-0.15, -0.1) is 0 Å². The highest BCUT2D eigenvalue weighted by molar-refractivity contribution is 7.90. The predicted octanol–water partition coefficient (Wildman–Crippen LogP) is 4.11. The average Bonchev–Trinajstić information content (AvgIpc) is 2.69. The predicted molar refractivity (Wildman–Crippen MR) is 112 cm³/mol. The smallest absolute Gasteiger partial charge is 0.255 e. The number of carbonyl (C=O) groups is 1. The third-order valence-corrected chi connectivity index (χ3v) is 6.52. The second-order valence-corrected chi connectivity index (χ2v) is 9.63. The molecule has 1 saturated carbocycles. The Labute approximate surface area is 167 Å². The lowest BCUT2D eigenvalue weighted by Gasteiger charge is -2.31. The molecular formula is C22H28N2O3S. The second-order valence-electron chi connectivity index (χ2n) is 7.62. The van der Waals surface area contributed by atoms with E-state index in [9.17, 15) is 13.2 Å². The first-order valence-corrected chi connectivity index (χ1v) is 11.6. The number of hydrogen-bond donors (Lipinski definition) is 1. The standard InChI is InChI=1S/C22H28N2O3S/c1-24(19-11-4-3-5-12-19)16-18-9-6-7-14-21(18)23-22(25)17-10-8-13-20(15-17)28(2,26)27/h6-10,13-15,19H,3-5,11-12,16H2,1-2H3,(H,23,25). The number of rotatable bonds is 6. The molecule has 0 bridgehead atoms. The lowest BCUT2D eigenvalue weighted by atomic mass is 9.94. The van der Waals surface area contributed by atoms with Crippen LogP contribution >= 0.6 is 0 Å². The van der Waals surface area contributed by atoms with Gasteiger partial charge in [-0.3, -0.25) is 9.69 Å². The molecule has 0 aromatic heterocycles. The molecule has 2 aromatic rings. The van der Waals surface area contributed by atoms with E-state index < -0.39 is 9.84 Å². The molecule has 0 atom stereocenters. The van der Waals surface area contributed by atoms with E-state index in [0.29, 0.717) is 11.6 Å². The van der Waals surface area contributed by atoms with Crippen LogP contribution in [0.5, 0.6) is 0 Å². The van der Waals surface area contributed by atoms with Crippen molar-refractivity contribution >= 4 is 21.4 Å². The molecule has 1 N–H and O–H groups in total. The molecule has 3 rings (SSSR count). The normalized spacial score (nSPS) is 15.5. The van der Waals surface area contributed by atoms with Gasteiger partial charge in [0.2, 0.25) is 0 Å². The van der Waals surface area contributed by atoms with Gasteiger partial charge in [-0.1, -0.05) is 43.5 Å². The summed E-state index contributed by atoms with van der Waals surface area (Å²) in [6.45, 7) is 0.768. The summed E-state index contributed by atoms with van der Waals surface area (Å²) >= 11 is 0. The minimum absolute atomic E-state index is 0.144. The van der Waals surface area contributed by atoms with Crippen LogP contribution in [-0.2, 0) is 16.4 Å². The molecule has 0 spiro atoms. The number of benzene rings is 2. The molecule has 0 radical (unpaired) electrons. The van der Waals surface area contributed by atoms with Gasteiger partial charge in [0.25, 0.3) is 5.91 Å². The number of carbonyl (C=O) groups excluding carboxylic acids is 1. The lowest BCUT2D eigenvalue weighted by molar-refractivity contribution is 0.102. The Hall–Kier alpha value is -2.18. The zero-order valence-electron chi connectivity index (χ0n) is 16.5. The highest BCUT2D eigenvalue weighted by atomic mass is 32.2. The van der Waals surface area contributed by atoms with Crippen molar-refractivity contribution in [3.05, 3.63) is 59.7 Å². The van der Waals surface area contributed by atoms with Gasteiger partial charge in [0, 0.05) is 30.1 Å². The molecule has 0 heterocycles. The van der Waals surface area contributed by atoms with Crippen LogP contribution in [0.2, 0.25) is 0 Å². The molecule has 1 fully saturated rings. The first-order valence-electron chi connectivity index (χ1n) is 9.74. The number of nitrogens with zero attached hydrogens (tertiary/aromatic N) is 1. The third kappa shape index (κ3) is 5.20. The highest BCUT2D eigenvalue weighted by Gasteiger charge is 2.19. The number of nitrogens with one attached hydrogen (secondary N) is 1. The fraction of sp³-hybridized carbons (Fsp3) is 0.409. The zero-order chi connectivity index (χ0) is 20.1. The Balaban J connectivity index is 1.75. The van der Waals surface area contributed by atoms with Crippen LogP contribution in [-0.4, -0.2) is 38.6 Å². The molecular weight excluding hydrogens is 372 g/mol. The first kappa shape index (κ1) is 20.6. The maximum atomic E-state index is 12.7. The summed E-state index contributed by atoms with van der Waals surface area (Å²) in [6, 6.07) is 14.5. The summed E-state index contributed by atoms with van der Waals surface area (Å²) in [5, 5.41) is 2.95. The van der Waals surface area contributed by atoms with Crippen LogP contribution in [0, 0.1) is 0 Å². The fourth-order valence-electron chi connectivity index (χ4n) is 3.76. The van der Waals surface area contributed by atoms with Crippen molar-refractivity contribution in [3.63, 3.8) is 0 Å². The van der Waals surface area contributed by atoms with Gasteiger partial charge >= 0.3 is 0 Å². The summed E-state index contributed by atoms with van der Waals surface area (Å²) in [5.74, 6) is -0.307. The Bertz CT molecular complexity index is 934. The first-order chi connectivity index (χ1) is 13.3. The Morgan fingerprint density at radius 1 is 1.07 bits per heavy atom. The van der Waals surface area contributed by atoms with Crippen LogP contribution in [0.4, 0.5) is 5.69 Å². The van der Waals surface area contributed by atoms with E-state index in [1.165, 1.54) is 44.2 Å². The molecule has 0 saturated heterocycles. The molecule has 5 nitrogen and oxygen atoms in total. The van der Waals surface area contributed by atoms with E-state index in [1.807, 2.05) is 24.3 Å². The van der Waals surface area contributed by atoms with Crippen LogP contribution in [0.1, 0.15) is 48.0 Å².